The van der Waals surface area contributed by atoms with Gasteiger partial charge in [0.15, 0.2) is 0 Å². The molecule has 1 aromatic carbocycles. The topological polar surface area (TPSA) is 49.8 Å². The van der Waals surface area contributed by atoms with E-state index in [1.165, 1.54) is 17.0 Å². The monoisotopic (exact) mass is 281 g/mol. The summed E-state index contributed by atoms with van der Waals surface area (Å²) in [5.41, 5.74) is 0.0734. The predicted octanol–water partition coefficient (Wildman–Crippen LogP) is 2.87. The maximum atomic E-state index is 13.3. The van der Waals surface area contributed by atoms with Crippen molar-refractivity contribution < 1.29 is 19.0 Å². The van der Waals surface area contributed by atoms with E-state index < -0.39 is 17.8 Å². The maximum Gasteiger partial charge on any atom is 0.410 e. The molecule has 4 nitrogen and oxygen atoms in total. The number of carbonyl (C=O) groups excluding carboxylic acids is 1. The fourth-order valence-electron chi connectivity index (χ4n) is 2.37. The van der Waals surface area contributed by atoms with Gasteiger partial charge in [-0.1, -0.05) is 12.1 Å². The molecule has 1 amide bonds. The Morgan fingerprint density at radius 3 is 2.75 bits per heavy atom. The van der Waals surface area contributed by atoms with Crippen LogP contribution < -0.4 is 0 Å². The fraction of sp³-hybridized carbons (Fsp3) is 0.533. The highest BCUT2D eigenvalue weighted by Gasteiger charge is 2.37. The summed E-state index contributed by atoms with van der Waals surface area (Å²) in [7, 11) is 0. The molecular formula is C15H20FNO3. The van der Waals surface area contributed by atoms with E-state index in [0.29, 0.717) is 12.0 Å². The lowest BCUT2D eigenvalue weighted by atomic mass is 10.0. The van der Waals surface area contributed by atoms with Crippen molar-refractivity contribution in [2.24, 2.45) is 0 Å². The highest BCUT2D eigenvalue weighted by molar-refractivity contribution is 5.69. The summed E-state index contributed by atoms with van der Waals surface area (Å²) in [6, 6.07) is 5.74. The summed E-state index contributed by atoms with van der Waals surface area (Å²) in [5, 5.41) is 9.80. The van der Waals surface area contributed by atoms with Crippen LogP contribution >= 0.6 is 0 Å². The zero-order chi connectivity index (χ0) is 14.9. The maximum absolute atomic E-state index is 13.3. The molecule has 2 rings (SSSR count). The van der Waals surface area contributed by atoms with E-state index in [0.717, 1.165) is 0 Å². The molecule has 1 aliphatic heterocycles. The average molecular weight is 281 g/mol. The quantitative estimate of drug-likeness (QED) is 0.861. The van der Waals surface area contributed by atoms with E-state index in [4.69, 9.17) is 4.74 Å². The lowest BCUT2D eigenvalue weighted by molar-refractivity contribution is 0.0206. The van der Waals surface area contributed by atoms with Gasteiger partial charge in [-0.2, -0.15) is 0 Å². The van der Waals surface area contributed by atoms with Crippen molar-refractivity contribution in [3.63, 3.8) is 0 Å². The van der Waals surface area contributed by atoms with E-state index in [9.17, 15) is 14.3 Å². The molecule has 0 saturated carbocycles. The Morgan fingerprint density at radius 1 is 1.45 bits per heavy atom. The molecule has 0 spiro atoms. The summed E-state index contributed by atoms with van der Waals surface area (Å²) >= 11 is 0. The molecule has 2 unspecified atom stereocenters. The predicted molar refractivity (Wildman–Crippen MR) is 72.7 cm³/mol. The first-order chi connectivity index (χ1) is 9.26. The lowest BCUT2D eigenvalue weighted by Crippen LogP contribution is -2.37. The van der Waals surface area contributed by atoms with Gasteiger partial charge in [-0.15, -0.1) is 0 Å². The molecule has 110 valence electrons. The molecule has 1 aromatic rings. The standard InChI is InChI=1S/C15H20FNO3/c1-15(2,3)20-14(19)17-9-12(18)8-13(17)10-5-4-6-11(16)7-10/h4-7,12-13,18H,8-9H2,1-3H3. The van der Waals surface area contributed by atoms with Crippen LogP contribution in [-0.2, 0) is 4.74 Å². The van der Waals surface area contributed by atoms with Crippen LogP contribution in [0.3, 0.4) is 0 Å². The van der Waals surface area contributed by atoms with Crippen LogP contribution in [0.4, 0.5) is 9.18 Å². The Balaban J connectivity index is 2.21. The van der Waals surface area contributed by atoms with Crippen molar-refractivity contribution in [1.82, 2.24) is 4.90 Å². The number of ether oxygens (including phenoxy) is 1. The number of aliphatic hydroxyl groups is 1. The number of aliphatic hydroxyl groups excluding tert-OH is 1. The molecule has 1 fully saturated rings. The highest BCUT2D eigenvalue weighted by atomic mass is 19.1. The number of hydrogen-bond donors (Lipinski definition) is 1. The molecule has 20 heavy (non-hydrogen) atoms. The Kier molecular flexibility index (Phi) is 3.99. The van der Waals surface area contributed by atoms with Crippen molar-refractivity contribution in [1.29, 1.82) is 0 Å². The van der Waals surface area contributed by atoms with Gasteiger partial charge in [-0.05, 0) is 44.9 Å². The molecule has 1 saturated heterocycles. The Hall–Kier alpha value is -1.62. The Morgan fingerprint density at radius 2 is 2.15 bits per heavy atom. The Labute approximate surface area is 118 Å². The molecule has 0 bridgehead atoms. The average Bonchev–Trinajstić information content (AvgIpc) is 2.69. The summed E-state index contributed by atoms with van der Waals surface area (Å²) < 4.78 is 18.7. The minimum absolute atomic E-state index is 0.204. The number of amides is 1. The number of nitrogens with zero attached hydrogens (tertiary/aromatic N) is 1. The van der Waals surface area contributed by atoms with Crippen molar-refractivity contribution in [2.75, 3.05) is 6.54 Å². The third kappa shape index (κ3) is 3.48. The van der Waals surface area contributed by atoms with Crippen molar-refractivity contribution >= 4 is 6.09 Å². The van der Waals surface area contributed by atoms with E-state index in [-0.39, 0.29) is 18.4 Å². The van der Waals surface area contributed by atoms with E-state index in [1.807, 2.05) is 0 Å². The smallest absolute Gasteiger partial charge is 0.410 e. The van der Waals surface area contributed by atoms with Gasteiger partial charge in [0.05, 0.1) is 18.7 Å². The van der Waals surface area contributed by atoms with Gasteiger partial charge < -0.3 is 9.84 Å². The van der Waals surface area contributed by atoms with E-state index in [1.54, 1.807) is 32.9 Å². The molecule has 0 radical (unpaired) electrons. The van der Waals surface area contributed by atoms with Gasteiger partial charge in [-0.25, -0.2) is 9.18 Å². The molecule has 2 atom stereocenters. The summed E-state index contributed by atoms with van der Waals surface area (Å²) in [6.45, 7) is 5.56. The third-order valence-electron chi connectivity index (χ3n) is 3.14. The number of hydrogen-bond acceptors (Lipinski definition) is 3. The summed E-state index contributed by atoms with van der Waals surface area (Å²) in [4.78, 5) is 13.6. The fourth-order valence-corrected chi connectivity index (χ4v) is 2.37. The first kappa shape index (κ1) is 14.8. The van der Waals surface area contributed by atoms with Gasteiger partial charge in [-0.3, -0.25) is 4.90 Å². The molecule has 0 aliphatic carbocycles. The van der Waals surface area contributed by atoms with Gasteiger partial charge in [0.1, 0.15) is 11.4 Å². The van der Waals surface area contributed by atoms with E-state index in [2.05, 4.69) is 0 Å². The SMILES string of the molecule is CC(C)(C)OC(=O)N1CC(O)CC1c1cccc(F)c1. The second-order valence-electron chi connectivity index (χ2n) is 6.09. The van der Waals surface area contributed by atoms with Gasteiger partial charge in [0, 0.05) is 0 Å². The van der Waals surface area contributed by atoms with Crippen LogP contribution in [0.1, 0.15) is 38.8 Å². The molecule has 1 heterocycles. The Bertz CT molecular complexity index is 498. The molecule has 1 aliphatic rings. The number of β-amino-alcohol motifs (C(OH)–C–C–N with tert-alkyl or cyclic N) is 1. The van der Waals surface area contributed by atoms with Crippen LogP contribution in [0.15, 0.2) is 24.3 Å². The number of rotatable bonds is 1. The minimum Gasteiger partial charge on any atom is -0.444 e. The van der Waals surface area contributed by atoms with Gasteiger partial charge in [0.2, 0.25) is 0 Å². The molecule has 5 heteroatoms. The largest absolute Gasteiger partial charge is 0.444 e. The zero-order valence-corrected chi connectivity index (χ0v) is 12.0. The van der Waals surface area contributed by atoms with Crippen molar-refractivity contribution in [3.8, 4) is 0 Å². The third-order valence-corrected chi connectivity index (χ3v) is 3.14. The molecular weight excluding hydrogens is 261 g/mol. The normalized spacial score (nSPS) is 22.9. The van der Waals surface area contributed by atoms with Crippen LogP contribution in [-0.4, -0.2) is 34.3 Å². The zero-order valence-electron chi connectivity index (χ0n) is 12.0. The number of benzene rings is 1. The van der Waals surface area contributed by atoms with Crippen LogP contribution in [0.5, 0.6) is 0 Å². The van der Waals surface area contributed by atoms with Crippen LogP contribution in [0.25, 0.3) is 0 Å². The first-order valence-electron chi connectivity index (χ1n) is 6.69. The molecule has 1 N–H and O–H groups in total. The summed E-state index contributed by atoms with van der Waals surface area (Å²) in [5.74, 6) is -0.354. The van der Waals surface area contributed by atoms with Crippen LogP contribution in [0, 0.1) is 5.82 Å². The lowest BCUT2D eigenvalue weighted by Gasteiger charge is -2.28. The minimum atomic E-state index is -0.615. The molecule has 0 aromatic heterocycles. The van der Waals surface area contributed by atoms with Crippen molar-refractivity contribution in [3.05, 3.63) is 35.6 Å². The van der Waals surface area contributed by atoms with Crippen molar-refractivity contribution in [2.45, 2.75) is 44.9 Å². The van der Waals surface area contributed by atoms with Crippen LogP contribution in [0.2, 0.25) is 0 Å². The second-order valence-corrected chi connectivity index (χ2v) is 6.09. The number of carbonyl (C=O) groups is 1. The second kappa shape index (κ2) is 5.40. The highest BCUT2D eigenvalue weighted by Crippen LogP contribution is 2.33. The van der Waals surface area contributed by atoms with E-state index >= 15 is 0 Å². The first-order valence-corrected chi connectivity index (χ1v) is 6.69. The number of halogens is 1. The number of likely N-dealkylation sites (tertiary alicyclic amines) is 1. The van der Waals surface area contributed by atoms with Gasteiger partial charge in [0.25, 0.3) is 0 Å². The van der Waals surface area contributed by atoms with Gasteiger partial charge >= 0.3 is 6.09 Å². The summed E-state index contributed by atoms with van der Waals surface area (Å²) in [6.07, 6.45) is -0.706.